The molecule has 0 unspecified atom stereocenters. The Morgan fingerprint density at radius 3 is 2.69 bits per heavy atom. The minimum Gasteiger partial charge on any atom is -0.493 e. The van der Waals surface area contributed by atoms with E-state index in [-0.39, 0.29) is 5.91 Å². The molecule has 2 heterocycles. The van der Waals surface area contributed by atoms with E-state index < -0.39 is 0 Å². The summed E-state index contributed by atoms with van der Waals surface area (Å²) >= 11 is 0. The molecular formula is C29H36N2O4. The fourth-order valence-corrected chi connectivity index (χ4v) is 4.63. The third kappa shape index (κ3) is 6.13. The Balaban J connectivity index is 1.53. The lowest BCUT2D eigenvalue weighted by Crippen LogP contribution is -2.38. The topological polar surface area (TPSA) is 63.9 Å². The molecule has 1 aliphatic heterocycles. The van der Waals surface area contributed by atoms with Gasteiger partial charge in [-0.3, -0.25) is 9.69 Å². The number of carbonyl (C=O) groups excluding carboxylic acids is 1. The molecule has 1 amide bonds. The summed E-state index contributed by atoms with van der Waals surface area (Å²) in [6.07, 6.45) is 4.39. The highest BCUT2D eigenvalue weighted by Gasteiger charge is 2.16. The lowest BCUT2D eigenvalue weighted by molar-refractivity contribution is -0.116. The van der Waals surface area contributed by atoms with Crippen LogP contribution in [0.5, 0.6) is 5.75 Å². The Morgan fingerprint density at radius 1 is 1.14 bits per heavy atom. The van der Waals surface area contributed by atoms with Gasteiger partial charge in [0.15, 0.2) is 0 Å². The number of hydrogen-bond acceptors (Lipinski definition) is 5. The second-order valence-electron chi connectivity index (χ2n) is 9.17. The summed E-state index contributed by atoms with van der Waals surface area (Å²) in [6, 6.07) is 10.4. The lowest BCUT2D eigenvalue weighted by Gasteiger charge is -2.26. The van der Waals surface area contributed by atoms with E-state index in [1.807, 2.05) is 26.2 Å². The molecule has 0 spiro atoms. The third-order valence-electron chi connectivity index (χ3n) is 6.47. The van der Waals surface area contributed by atoms with E-state index in [1.54, 1.807) is 6.08 Å². The Kier molecular flexibility index (Phi) is 8.26. The normalized spacial score (nSPS) is 14.9. The predicted molar refractivity (Wildman–Crippen MR) is 141 cm³/mol. The molecule has 1 aliphatic rings. The average Bonchev–Trinajstić information content (AvgIpc) is 3.25. The summed E-state index contributed by atoms with van der Waals surface area (Å²) in [5.74, 6) is 0.629. The van der Waals surface area contributed by atoms with Crippen LogP contribution in [0.4, 0.5) is 0 Å². The number of benzene rings is 2. The first kappa shape index (κ1) is 25.0. The SMILES string of the molecule is CCOc1cc2occ(-c3ccc(C)cc3C)c2cc1/C(C)=C/C(=O)NCCCN1CCOCC1. The number of aryl methyl sites for hydroxylation is 2. The summed E-state index contributed by atoms with van der Waals surface area (Å²) in [6.45, 7) is 13.8. The predicted octanol–water partition coefficient (Wildman–Crippen LogP) is 5.36. The molecule has 0 atom stereocenters. The van der Waals surface area contributed by atoms with Gasteiger partial charge in [0.25, 0.3) is 0 Å². The largest absolute Gasteiger partial charge is 0.493 e. The summed E-state index contributed by atoms with van der Waals surface area (Å²) in [5.41, 5.74) is 7.14. The van der Waals surface area contributed by atoms with Crippen molar-refractivity contribution in [2.75, 3.05) is 46.0 Å². The molecule has 0 radical (unpaired) electrons. The Hall–Kier alpha value is -3.09. The van der Waals surface area contributed by atoms with Gasteiger partial charge in [-0.15, -0.1) is 0 Å². The van der Waals surface area contributed by atoms with E-state index in [1.165, 1.54) is 11.1 Å². The molecule has 2 aromatic carbocycles. The van der Waals surface area contributed by atoms with Gasteiger partial charge in [-0.25, -0.2) is 0 Å². The standard InChI is InChI=1S/C29H36N2O4/c1-5-34-27-18-28-25(26(19-35-28)23-8-7-20(2)15-21(23)3)17-24(27)22(4)16-29(32)30-9-6-10-31-11-13-33-14-12-31/h7-8,15-19H,5-6,9-14H2,1-4H3,(H,30,32)/b22-16+. The van der Waals surface area contributed by atoms with E-state index in [2.05, 4.69) is 48.3 Å². The quantitative estimate of drug-likeness (QED) is 0.333. The first-order valence-electron chi connectivity index (χ1n) is 12.5. The van der Waals surface area contributed by atoms with Gasteiger partial charge in [0.05, 0.1) is 26.1 Å². The maximum Gasteiger partial charge on any atom is 0.244 e. The van der Waals surface area contributed by atoms with Gasteiger partial charge in [-0.1, -0.05) is 23.8 Å². The molecule has 0 bridgehead atoms. The number of allylic oxidation sites excluding steroid dienone is 1. The molecule has 1 saturated heterocycles. The van der Waals surface area contributed by atoms with Crippen molar-refractivity contribution in [1.82, 2.24) is 10.2 Å². The number of nitrogens with zero attached hydrogens (tertiary/aromatic N) is 1. The molecule has 1 fully saturated rings. The maximum atomic E-state index is 12.6. The first-order chi connectivity index (χ1) is 17.0. The van der Waals surface area contributed by atoms with Crippen LogP contribution in [0.25, 0.3) is 27.7 Å². The minimum absolute atomic E-state index is 0.0891. The molecule has 6 nitrogen and oxygen atoms in total. The Bertz CT molecular complexity index is 1200. The number of carbonyl (C=O) groups is 1. The average molecular weight is 477 g/mol. The number of ether oxygens (including phenoxy) is 2. The summed E-state index contributed by atoms with van der Waals surface area (Å²) < 4.78 is 17.2. The van der Waals surface area contributed by atoms with Gasteiger partial charge in [0.1, 0.15) is 11.3 Å². The summed E-state index contributed by atoms with van der Waals surface area (Å²) in [4.78, 5) is 15.0. The second kappa shape index (κ2) is 11.6. The third-order valence-corrected chi connectivity index (χ3v) is 6.47. The Labute approximate surface area is 207 Å². The lowest BCUT2D eigenvalue weighted by atomic mass is 9.96. The van der Waals surface area contributed by atoms with Crippen LogP contribution in [0.2, 0.25) is 0 Å². The van der Waals surface area contributed by atoms with Gasteiger partial charge in [-0.2, -0.15) is 0 Å². The van der Waals surface area contributed by atoms with E-state index >= 15 is 0 Å². The molecule has 1 aromatic heterocycles. The Morgan fingerprint density at radius 2 is 1.94 bits per heavy atom. The molecule has 0 aliphatic carbocycles. The molecule has 186 valence electrons. The van der Waals surface area contributed by atoms with Crippen molar-refractivity contribution >= 4 is 22.4 Å². The molecule has 1 N–H and O–H groups in total. The highest BCUT2D eigenvalue weighted by molar-refractivity contribution is 6.00. The number of fused-ring (bicyclic) bond motifs is 1. The summed E-state index contributed by atoms with van der Waals surface area (Å²) in [5, 5.41) is 4.03. The van der Waals surface area contributed by atoms with Gasteiger partial charge in [-0.05, 0) is 63.4 Å². The number of rotatable bonds is 9. The zero-order valence-electron chi connectivity index (χ0n) is 21.3. The van der Waals surface area contributed by atoms with Crippen molar-refractivity contribution in [3.05, 3.63) is 59.4 Å². The zero-order valence-corrected chi connectivity index (χ0v) is 21.3. The molecule has 6 heteroatoms. The fraction of sp³-hybridized carbons (Fsp3) is 0.414. The van der Waals surface area contributed by atoms with E-state index in [9.17, 15) is 4.79 Å². The van der Waals surface area contributed by atoms with Gasteiger partial charge >= 0.3 is 0 Å². The molecule has 4 rings (SSSR count). The number of nitrogens with one attached hydrogen (secondary N) is 1. The van der Waals surface area contributed by atoms with E-state index in [0.717, 1.165) is 78.3 Å². The second-order valence-corrected chi connectivity index (χ2v) is 9.17. The van der Waals surface area contributed by atoms with Crippen LogP contribution in [0.3, 0.4) is 0 Å². The van der Waals surface area contributed by atoms with Crippen LogP contribution >= 0.6 is 0 Å². The molecule has 35 heavy (non-hydrogen) atoms. The van der Waals surface area contributed by atoms with Crippen LogP contribution < -0.4 is 10.1 Å². The number of amides is 1. The molecule has 0 saturated carbocycles. The smallest absolute Gasteiger partial charge is 0.244 e. The minimum atomic E-state index is -0.0891. The van der Waals surface area contributed by atoms with Crippen molar-refractivity contribution < 1.29 is 18.7 Å². The van der Waals surface area contributed by atoms with E-state index in [4.69, 9.17) is 13.9 Å². The first-order valence-corrected chi connectivity index (χ1v) is 12.5. The zero-order chi connectivity index (χ0) is 24.8. The van der Waals surface area contributed by atoms with Gasteiger partial charge < -0.3 is 19.2 Å². The van der Waals surface area contributed by atoms with Crippen molar-refractivity contribution in [2.45, 2.75) is 34.1 Å². The molecular weight excluding hydrogens is 440 g/mol. The van der Waals surface area contributed by atoms with Crippen LogP contribution in [0, 0.1) is 13.8 Å². The van der Waals surface area contributed by atoms with Crippen LogP contribution in [0.1, 0.15) is 37.0 Å². The van der Waals surface area contributed by atoms with Crippen molar-refractivity contribution in [2.24, 2.45) is 0 Å². The van der Waals surface area contributed by atoms with Gasteiger partial charge in [0, 0.05) is 48.3 Å². The van der Waals surface area contributed by atoms with Crippen molar-refractivity contribution in [3.63, 3.8) is 0 Å². The number of hydrogen-bond donors (Lipinski definition) is 1. The maximum absolute atomic E-state index is 12.6. The highest BCUT2D eigenvalue weighted by atomic mass is 16.5. The van der Waals surface area contributed by atoms with Crippen molar-refractivity contribution in [1.29, 1.82) is 0 Å². The van der Waals surface area contributed by atoms with Crippen molar-refractivity contribution in [3.8, 4) is 16.9 Å². The van der Waals surface area contributed by atoms with Crippen LogP contribution in [-0.4, -0.2) is 56.8 Å². The van der Waals surface area contributed by atoms with E-state index in [0.29, 0.717) is 13.2 Å². The fourth-order valence-electron chi connectivity index (χ4n) is 4.63. The van der Waals surface area contributed by atoms with Crippen LogP contribution in [0.15, 0.2) is 47.1 Å². The molecule has 3 aromatic rings. The monoisotopic (exact) mass is 476 g/mol. The highest BCUT2D eigenvalue weighted by Crippen LogP contribution is 2.38. The number of morpholine rings is 1. The number of furan rings is 1. The summed E-state index contributed by atoms with van der Waals surface area (Å²) in [7, 11) is 0. The van der Waals surface area contributed by atoms with Crippen LogP contribution in [-0.2, 0) is 9.53 Å². The van der Waals surface area contributed by atoms with Gasteiger partial charge in [0.2, 0.25) is 5.91 Å².